The number of esters is 1. The summed E-state index contributed by atoms with van der Waals surface area (Å²) in [5.74, 6) is -2.25. The van der Waals surface area contributed by atoms with Crippen molar-refractivity contribution in [2.24, 2.45) is 0 Å². The molecule has 0 unspecified atom stereocenters. The van der Waals surface area contributed by atoms with Crippen LogP contribution < -0.4 is 21.3 Å². The number of aromatic nitrogens is 4. The lowest BCUT2D eigenvalue weighted by atomic mass is 9.98. The molecule has 4 heterocycles. The molecule has 0 spiro atoms. The first kappa shape index (κ1) is 54.1. The van der Waals surface area contributed by atoms with Gasteiger partial charge >= 0.3 is 12.1 Å². The van der Waals surface area contributed by atoms with Crippen LogP contribution >= 0.6 is 45.3 Å². The average Bonchev–Trinajstić information content (AvgIpc) is 4.38. The number of alkyl carbamates (subject to hydrolysis) is 1. The number of fused-ring (bicyclic) bond motifs is 3. The van der Waals surface area contributed by atoms with Gasteiger partial charge in [0.25, 0.3) is 17.7 Å². The summed E-state index contributed by atoms with van der Waals surface area (Å²) in [5.41, 5.74) is 8.05. The molecule has 15 nitrogen and oxygen atoms in total. The SMILES string of the molecule is Cc1nc(NC(=O)c2sc(C)nc2[C@H](Cc2ccccc2)NC(=O)c2sc(C)nc2[C@H](C)NC(=O)OCC2c3ccccc3-c3ccccc32)c(C(=O)N[C@@H](Cc2ccccc2)c2nc(C)sc2C(=O)OCc2ccccc2)s1. The fourth-order valence-electron chi connectivity index (χ4n) is 9.65. The number of carbonyl (C=O) groups is 5. The van der Waals surface area contributed by atoms with Gasteiger partial charge in [0.2, 0.25) is 0 Å². The molecule has 5 aromatic carbocycles. The topological polar surface area (TPSA) is 203 Å². The number of anilines is 1. The number of nitrogens with one attached hydrogen (secondary N) is 4. The summed E-state index contributed by atoms with van der Waals surface area (Å²) < 4.78 is 11.6. The number of thiazole rings is 4. The van der Waals surface area contributed by atoms with E-state index in [0.717, 1.165) is 61.6 Å². The zero-order valence-corrected chi connectivity index (χ0v) is 47.0. The maximum Gasteiger partial charge on any atom is 0.407 e. The Labute approximate surface area is 472 Å². The van der Waals surface area contributed by atoms with E-state index in [1.165, 1.54) is 22.7 Å². The summed E-state index contributed by atoms with van der Waals surface area (Å²) in [6.07, 6.45) is -0.0887. The van der Waals surface area contributed by atoms with Gasteiger partial charge in [-0.25, -0.2) is 29.5 Å². The molecule has 10 rings (SSSR count). The first-order valence-electron chi connectivity index (χ1n) is 25.5. The van der Waals surface area contributed by atoms with Crippen LogP contribution in [0.1, 0.15) is 135 Å². The Morgan fingerprint density at radius 1 is 0.481 bits per heavy atom. The highest BCUT2D eigenvalue weighted by Crippen LogP contribution is 2.44. The number of benzene rings is 5. The van der Waals surface area contributed by atoms with Crippen molar-refractivity contribution in [1.29, 1.82) is 0 Å². The second kappa shape index (κ2) is 24.2. The van der Waals surface area contributed by atoms with Crippen LogP contribution in [-0.2, 0) is 28.9 Å². The van der Waals surface area contributed by atoms with Gasteiger partial charge in [0, 0.05) is 5.92 Å². The van der Waals surface area contributed by atoms with Gasteiger partial charge in [-0.15, -0.1) is 45.3 Å². The highest BCUT2D eigenvalue weighted by atomic mass is 32.1. The lowest BCUT2D eigenvalue weighted by molar-refractivity contribution is 0.0475. The van der Waals surface area contributed by atoms with Crippen molar-refractivity contribution in [3.63, 3.8) is 0 Å². The molecule has 1 aliphatic carbocycles. The minimum atomic E-state index is -0.824. The molecule has 19 heteroatoms. The molecule has 3 atom stereocenters. The van der Waals surface area contributed by atoms with Gasteiger partial charge in [0.15, 0.2) is 5.82 Å². The molecule has 1 aliphatic rings. The summed E-state index contributed by atoms with van der Waals surface area (Å²) in [6.45, 7) is 9.03. The Hall–Kier alpha value is -8.23. The van der Waals surface area contributed by atoms with Crippen molar-refractivity contribution in [2.45, 2.75) is 78.1 Å². The molecule has 79 heavy (non-hydrogen) atoms. The second-order valence-corrected chi connectivity index (χ2v) is 23.7. The van der Waals surface area contributed by atoms with Crippen molar-refractivity contribution in [3.05, 3.63) is 224 Å². The van der Waals surface area contributed by atoms with Gasteiger partial charge in [0.05, 0.1) is 55.2 Å². The maximum atomic E-state index is 14.7. The molecule has 400 valence electrons. The number of carbonyl (C=O) groups excluding carboxylic acids is 5. The number of hydrogen-bond acceptors (Lipinski definition) is 15. The van der Waals surface area contributed by atoms with Gasteiger partial charge in [-0.3, -0.25) is 14.4 Å². The van der Waals surface area contributed by atoms with Gasteiger partial charge in [-0.2, -0.15) is 0 Å². The molecule has 9 aromatic rings. The summed E-state index contributed by atoms with van der Waals surface area (Å²) in [6, 6.07) is 42.4. The summed E-state index contributed by atoms with van der Waals surface area (Å²) >= 11 is 4.63. The Balaban J connectivity index is 0.866. The molecule has 0 aliphatic heterocycles. The standard InChI is InChI=1S/C60H54N8O7S4/c1-33(61-60(73)75-32-45-43-27-17-15-25-41(43)42-26-16-18-28-44(42)45)48-51(76-34(2)62-48)56(69)66-46(29-38-19-9-6-10-20-38)49-52(77-35(3)63-49)57(70)68-55-54(79-37(5)65-55)58(71)67-47(30-39-21-11-7-12-22-39)50-53(78-36(4)64-50)59(72)74-31-40-23-13-8-14-24-40/h6-28,33,45-47H,29-32H2,1-5H3,(H,61,73)(H,66,69)(H,67,71)(H,68,70)/t33-,46-,47-/m0/s1. The molecule has 0 bridgehead atoms. The fraction of sp³-hybridized carbons (Fsp3) is 0.217. The first-order chi connectivity index (χ1) is 38.3. The van der Waals surface area contributed by atoms with Crippen LogP contribution in [0.5, 0.6) is 0 Å². The monoisotopic (exact) mass is 1130 g/mol. The summed E-state index contributed by atoms with van der Waals surface area (Å²) in [4.78, 5) is 90.9. The summed E-state index contributed by atoms with van der Waals surface area (Å²) in [7, 11) is 0. The number of hydrogen-bond donors (Lipinski definition) is 4. The van der Waals surface area contributed by atoms with Crippen LogP contribution in [0.25, 0.3) is 11.1 Å². The largest absolute Gasteiger partial charge is 0.457 e. The quantitative estimate of drug-likeness (QED) is 0.0561. The van der Waals surface area contributed by atoms with Gasteiger partial charge in [0.1, 0.15) is 32.7 Å². The van der Waals surface area contributed by atoms with E-state index in [1.807, 2.05) is 115 Å². The van der Waals surface area contributed by atoms with E-state index in [0.29, 0.717) is 43.5 Å². The molecule has 4 amide bonds. The lowest BCUT2D eigenvalue weighted by Crippen LogP contribution is -2.34. The number of nitrogens with zero attached hydrogens (tertiary/aromatic N) is 4. The normalized spacial score (nSPS) is 12.9. The Morgan fingerprint density at radius 3 is 1.47 bits per heavy atom. The smallest absolute Gasteiger partial charge is 0.407 e. The van der Waals surface area contributed by atoms with Crippen LogP contribution in [0.3, 0.4) is 0 Å². The van der Waals surface area contributed by atoms with Crippen molar-refractivity contribution in [1.82, 2.24) is 35.9 Å². The first-order valence-corrected chi connectivity index (χ1v) is 28.8. The van der Waals surface area contributed by atoms with Crippen LogP contribution in [0.4, 0.5) is 10.6 Å². The predicted octanol–water partition coefficient (Wildman–Crippen LogP) is 12.4. The van der Waals surface area contributed by atoms with Crippen LogP contribution in [0.15, 0.2) is 140 Å². The van der Waals surface area contributed by atoms with E-state index in [1.54, 1.807) is 34.6 Å². The third-order valence-corrected chi connectivity index (χ3v) is 17.1. The van der Waals surface area contributed by atoms with E-state index >= 15 is 0 Å². The maximum absolute atomic E-state index is 14.7. The molecule has 0 saturated heterocycles. The van der Waals surface area contributed by atoms with E-state index in [4.69, 9.17) is 24.4 Å². The highest BCUT2D eigenvalue weighted by Gasteiger charge is 2.34. The summed E-state index contributed by atoms with van der Waals surface area (Å²) in [5, 5.41) is 14.4. The van der Waals surface area contributed by atoms with Gasteiger partial charge in [-0.1, -0.05) is 140 Å². The molecular weight excluding hydrogens is 1070 g/mol. The van der Waals surface area contributed by atoms with E-state index < -0.39 is 47.9 Å². The van der Waals surface area contributed by atoms with E-state index in [9.17, 15) is 24.0 Å². The molecule has 4 N–H and O–H groups in total. The molecule has 0 radical (unpaired) electrons. The van der Waals surface area contributed by atoms with E-state index in [2.05, 4.69) is 50.5 Å². The Morgan fingerprint density at radius 2 is 0.911 bits per heavy atom. The zero-order chi connectivity index (χ0) is 55.2. The van der Waals surface area contributed by atoms with E-state index in [-0.39, 0.29) is 50.9 Å². The number of amides is 4. The third kappa shape index (κ3) is 12.6. The Kier molecular flexibility index (Phi) is 16.6. The van der Waals surface area contributed by atoms with Crippen molar-refractivity contribution < 1.29 is 33.4 Å². The van der Waals surface area contributed by atoms with Crippen molar-refractivity contribution in [3.8, 4) is 11.1 Å². The van der Waals surface area contributed by atoms with Crippen LogP contribution in [0.2, 0.25) is 0 Å². The highest BCUT2D eigenvalue weighted by molar-refractivity contribution is 7.15. The molecule has 0 saturated carbocycles. The molecule has 0 fully saturated rings. The second-order valence-electron chi connectivity index (χ2n) is 18.9. The average molecular weight is 1130 g/mol. The number of ether oxygens (including phenoxy) is 2. The number of rotatable bonds is 19. The minimum Gasteiger partial charge on any atom is -0.457 e. The van der Waals surface area contributed by atoms with Crippen molar-refractivity contribution >= 4 is 80.9 Å². The number of aryl methyl sites for hydroxylation is 4. The van der Waals surface area contributed by atoms with Crippen molar-refractivity contribution in [2.75, 3.05) is 11.9 Å². The van der Waals surface area contributed by atoms with Gasteiger partial charge < -0.3 is 30.7 Å². The minimum absolute atomic E-state index is 0.0312. The zero-order valence-electron chi connectivity index (χ0n) is 43.7. The Bertz CT molecular complexity index is 3650. The van der Waals surface area contributed by atoms with Crippen LogP contribution in [0, 0.1) is 27.7 Å². The third-order valence-electron chi connectivity index (χ3n) is 13.2. The molecule has 4 aromatic heterocycles. The van der Waals surface area contributed by atoms with Gasteiger partial charge in [-0.05, 0) is 86.4 Å². The predicted molar refractivity (Wildman–Crippen MR) is 308 cm³/mol. The molecular formula is C60H54N8O7S4. The lowest BCUT2D eigenvalue weighted by Gasteiger charge is -2.20. The van der Waals surface area contributed by atoms with Crippen LogP contribution in [-0.4, -0.2) is 56.3 Å². The fourth-order valence-corrected chi connectivity index (χ4v) is 13.1.